The molecule has 0 saturated heterocycles. The molecule has 0 aliphatic carbocycles. The largest absolute Gasteiger partial charge is 0.496 e. The van der Waals surface area contributed by atoms with Gasteiger partial charge in [-0.05, 0) is 24.0 Å². The molecule has 0 saturated carbocycles. The molecule has 132 valence electrons. The van der Waals surface area contributed by atoms with Gasteiger partial charge in [0.1, 0.15) is 16.5 Å². The molecule has 1 heterocycles. The number of amides is 1. The van der Waals surface area contributed by atoms with Gasteiger partial charge in [0, 0.05) is 18.0 Å². The lowest BCUT2D eigenvalue weighted by atomic mass is 9.95. The molecule has 2 aromatic rings. The van der Waals surface area contributed by atoms with Gasteiger partial charge >= 0.3 is 0 Å². The Morgan fingerprint density at radius 2 is 2.08 bits per heavy atom. The number of thiazole rings is 1. The van der Waals surface area contributed by atoms with E-state index in [2.05, 4.69) is 24.1 Å². The van der Waals surface area contributed by atoms with Gasteiger partial charge in [-0.1, -0.05) is 32.0 Å². The average molecular weight is 370 g/mol. The van der Waals surface area contributed by atoms with Crippen LogP contribution in [0.1, 0.15) is 34.9 Å². The number of ether oxygens (including phenoxy) is 1. The zero-order chi connectivity index (χ0) is 16.8. The van der Waals surface area contributed by atoms with Crippen molar-refractivity contribution >= 4 is 29.7 Å². The number of rotatable bonds is 7. The van der Waals surface area contributed by atoms with Crippen LogP contribution in [0.2, 0.25) is 0 Å². The van der Waals surface area contributed by atoms with Crippen LogP contribution >= 0.6 is 23.7 Å². The van der Waals surface area contributed by atoms with Crippen molar-refractivity contribution in [2.75, 3.05) is 7.11 Å². The van der Waals surface area contributed by atoms with E-state index in [0.29, 0.717) is 18.7 Å². The van der Waals surface area contributed by atoms with Crippen molar-refractivity contribution in [2.24, 2.45) is 11.7 Å². The zero-order valence-electron chi connectivity index (χ0n) is 14.1. The molecule has 0 aliphatic rings. The first-order valence-electron chi connectivity index (χ1n) is 7.62. The fourth-order valence-electron chi connectivity index (χ4n) is 2.31. The first kappa shape index (κ1) is 20.4. The normalized spacial score (nSPS) is 11.7. The maximum Gasteiger partial charge on any atom is 0.270 e. The summed E-state index contributed by atoms with van der Waals surface area (Å²) in [6.07, 6.45) is 0.710. The first-order valence-corrected chi connectivity index (χ1v) is 8.50. The summed E-state index contributed by atoms with van der Waals surface area (Å²) >= 11 is 1.41. The van der Waals surface area contributed by atoms with Gasteiger partial charge in [-0.15, -0.1) is 23.7 Å². The summed E-state index contributed by atoms with van der Waals surface area (Å²) in [6, 6.07) is 7.87. The smallest absolute Gasteiger partial charge is 0.270 e. The predicted molar refractivity (Wildman–Crippen MR) is 100 cm³/mol. The molecule has 1 unspecified atom stereocenters. The number of para-hydroxylation sites is 1. The number of benzene rings is 1. The molecule has 0 aliphatic heterocycles. The highest BCUT2D eigenvalue weighted by Crippen LogP contribution is 2.21. The van der Waals surface area contributed by atoms with Crippen LogP contribution in [0.25, 0.3) is 0 Å². The highest BCUT2D eigenvalue weighted by atomic mass is 35.5. The van der Waals surface area contributed by atoms with E-state index in [1.165, 1.54) is 11.3 Å². The summed E-state index contributed by atoms with van der Waals surface area (Å²) in [4.78, 5) is 16.6. The lowest BCUT2D eigenvalue weighted by molar-refractivity contribution is 0.0921. The number of halogens is 1. The third kappa shape index (κ3) is 5.19. The number of nitrogens with zero attached hydrogens (tertiary/aromatic N) is 1. The standard InChI is InChI=1S/C17H23N3O2S.ClH/c1-11(2)13(8-12-6-4-5-7-15(12)22-3)20-17(21)14-10-23-16(9-18)19-14;/h4-7,10-11,13H,8-9,18H2,1-3H3,(H,20,21);1H. The fraction of sp³-hybridized carbons (Fsp3) is 0.412. The number of hydrogen-bond acceptors (Lipinski definition) is 5. The van der Waals surface area contributed by atoms with Gasteiger partial charge in [-0.2, -0.15) is 0 Å². The second-order valence-electron chi connectivity index (χ2n) is 5.67. The van der Waals surface area contributed by atoms with Crippen LogP contribution in [-0.2, 0) is 13.0 Å². The molecule has 24 heavy (non-hydrogen) atoms. The quantitative estimate of drug-likeness (QED) is 0.786. The molecule has 3 N–H and O–H groups in total. The van der Waals surface area contributed by atoms with Crippen LogP contribution in [0.15, 0.2) is 29.6 Å². The Kier molecular flexibility index (Phi) is 8.18. The van der Waals surface area contributed by atoms with Crippen molar-refractivity contribution < 1.29 is 9.53 Å². The van der Waals surface area contributed by atoms with Crippen LogP contribution in [-0.4, -0.2) is 24.0 Å². The van der Waals surface area contributed by atoms with Crippen molar-refractivity contribution in [1.29, 1.82) is 0 Å². The number of carbonyl (C=O) groups is 1. The lowest BCUT2D eigenvalue weighted by Crippen LogP contribution is -2.40. The third-order valence-electron chi connectivity index (χ3n) is 3.71. The Labute approximate surface area is 153 Å². The monoisotopic (exact) mass is 369 g/mol. The molecule has 1 aromatic heterocycles. The number of carbonyl (C=O) groups excluding carboxylic acids is 1. The van der Waals surface area contributed by atoms with Gasteiger partial charge in [0.05, 0.1) is 7.11 Å². The second-order valence-corrected chi connectivity index (χ2v) is 6.61. The molecule has 5 nitrogen and oxygen atoms in total. The topological polar surface area (TPSA) is 77.2 Å². The van der Waals surface area contributed by atoms with E-state index in [1.807, 2.05) is 24.3 Å². The van der Waals surface area contributed by atoms with Crippen molar-refractivity contribution in [3.63, 3.8) is 0 Å². The summed E-state index contributed by atoms with van der Waals surface area (Å²) in [5.41, 5.74) is 7.06. The molecule has 1 amide bonds. The van der Waals surface area contributed by atoms with Gasteiger partial charge in [0.15, 0.2) is 0 Å². The molecule has 0 spiro atoms. The molecule has 7 heteroatoms. The first-order chi connectivity index (χ1) is 11.0. The minimum absolute atomic E-state index is 0. The van der Waals surface area contributed by atoms with E-state index >= 15 is 0 Å². The Bertz CT molecular complexity index is 661. The molecule has 0 bridgehead atoms. The predicted octanol–water partition coefficient (Wildman–Crippen LogP) is 3.03. The molecule has 1 aromatic carbocycles. The van der Waals surface area contributed by atoms with Gasteiger partial charge in [-0.3, -0.25) is 4.79 Å². The second kappa shape index (κ2) is 9.61. The van der Waals surface area contributed by atoms with Crippen molar-refractivity contribution in [2.45, 2.75) is 32.9 Å². The van der Waals surface area contributed by atoms with E-state index < -0.39 is 0 Å². The molecule has 2 rings (SSSR count). The number of nitrogens with two attached hydrogens (primary N) is 1. The van der Waals surface area contributed by atoms with E-state index in [1.54, 1.807) is 12.5 Å². The van der Waals surface area contributed by atoms with Crippen molar-refractivity contribution in [1.82, 2.24) is 10.3 Å². The third-order valence-corrected chi connectivity index (χ3v) is 4.58. The van der Waals surface area contributed by atoms with Crippen LogP contribution in [0.5, 0.6) is 5.75 Å². The Balaban J connectivity index is 0.00000288. The SMILES string of the molecule is COc1ccccc1CC(NC(=O)c1csc(CN)n1)C(C)C.Cl. The maximum absolute atomic E-state index is 12.4. The molecule has 1 atom stereocenters. The van der Waals surface area contributed by atoms with Crippen LogP contribution in [0.3, 0.4) is 0 Å². The maximum atomic E-state index is 12.4. The number of hydrogen-bond donors (Lipinski definition) is 2. The molecule has 0 radical (unpaired) electrons. The van der Waals surface area contributed by atoms with Crippen LogP contribution in [0, 0.1) is 5.92 Å². The minimum atomic E-state index is -0.158. The fourth-order valence-corrected chi connectivity index (χ4v) is 2.97. The van der Waals surface area contributed by atoms with Gasteiger partial charge in [-0.25, -0.2) is 4.98 Å². The summed E-state index contributed by atoms with van der Waals surface area (Å²) in [7, 11) is 1.66. The zero-order valence-corrected chi connectivity index (χ0v) is 15.7. The average Bonchev–Trinajstić information content (AvgIpc) is 3.03. The summed E-state index contributed by atoms with van der Waals surface area (Å²) in [6.45, 7) is 4.53. The van der Waals surface area contributed by atoms with Gasteiger partial charge in [0.25, 0.3) is 5.91 Å². The Morgan fingerprint density at radius 1 is 1.38 bits per heavy atom. The molecular weight excluding hydrogens is 346 g/mol. The van der Waals surface area contributed by atoms with E-state index in [-0.39, 0.29) is 30.3 Å². The number of aromatic nitrogens is 1. The van der Waals surface area contributed by atoms with Gasteiger partial charge in [0.2, 0.25) is 0 Å². The summed E-state index contributed by atoms with van der Waals surface area (Å²) in [5, 5.41) is 5.59. The number of nitrogens with one attached hydrogen (secondary N) is 1. The number of methoxy groups -OCH3 is 1. The minimum Gasteiger partial charge on any atom is -0.496 e. The van der Waals surface area contributed by atoms with Crippen LogP contribution in [0.4, 0.5) is 0 Å². The van der Waals surface area contributed by atoms with Crippen LogP contribution < -0.4 is 15.8 Å². The van der Waals surface area contributed by atoms with E-state index in [4.69, 9.17) is 10.5 Å². The van der Waals surface area contributed by atoms with Gasteiger partial charge < -0.3 is 15.8 Å². The molecular formula is C17H24ClN3O2S. The van der Waals surface area contributed by atoms with Crippen molar-refractivity contribution in [3.8, 4) is 5.75 Å². The highest BCUT2D eigenvalue weighted by Gasteiger charge is 2.20. The summed E-state index contributed by atoms with van der Waals surface area (Å²) < 4.78 is 5.40. The summed E-state index contributed by atoms with van der Waals surface area (Å²) in [5.74, 6) is 0.970. The Hall–Kier alpha value is -1.63. The lowest BCUT2D eigenvalue weighted by Gasteiger charge is -2.23. The van der Waals surface area contributed by atoms with Crippen molar-refractivity contribution in [3.05, 3.63) is 45.9 Å². The highest BCUT2D eigenvalue weighted by molar-refractivity contribution is 7.09. The van der Waals surface area contributed by atoms with E-state index in [9.17, 15) is 4.79 Å². The molecule has 0 fully saturated rings. The Morgan fingerprint density at radius 3 is 2.67 bits per heavy atom. The van der Waals surface area contributed by atoms with E-state index in [0.717, 1.165) is 16.3 Å².